The molecule has 0 aliphatic heterocycles. The molecule has 5 nitrogen and oxygen atoms in total. The van der Waals surface area contributed by atoms with E-state index in [1.165, 1.54) is 4.90 Å². The number of benzene rings is 1. The standard InChI is InChI=1S/C17H25NO4/c1-4-10-18(11-15(19)20)16(21)17(2,3)13-22-12-14-8-6-5-7-9-14/h5-9H,4,10-13H2,1-3H3,(H,19,20). The van der Waals surface area contributed by atoms with E-state index in [2.05, 4.69) is 0 Å². The zero-order valence-electron chi connectivity index (χ0n) is 13.5. The lowest BCUT2D eigenvalue weighted by Gasteiger charge is -2.30. The normalized spacial score (nSPS) is 11.2. The van der Waals surface area contributed by atoms with Crippen molar-refractivity contribution in [2.75, 3.05) is 19.7 Å². The third-order valence-corrected chi connectivity index (χ3v) is 3.26. The summed E-state index contributed by atoms with van der Waals surface area (Å²) in [5.74, 6) is -1.19. The molecule has 0 aliphatic carbocycles. The van der Waals surface area contributed by atoms with Gasteiger partial charge in [0.2, 0.25) is 5.91 Å². The van der Waals surface area contributed by atoms with Gasteiger partial charge in [-0.1, -0.05) is 37.3 Å². The van der Waals surface area contributed by atoms with Gasteiger partial charge in [-0.3, -0.25) is 9.59 Å². The van der Waals surface area contributed by atoms with Gasteiger partial charge < -0.3 is 14.7 Å². The van der Waals surface area contributed by atoms with Crippen LogP contribution in [-0.4, -0.2) is 41.6 Å². The monoisotopic (exact) mass is 307 g/mol. The molecule has 1 aromatic rings. The first-order valence-corrected chi connectivity index (χ1v) is 7.49. The van der Waals surface area contributed by atoms with Crippen molar-refractivity contribution in [1.29, 1.82) is 0 Å². The van der Waals surface area contributed by atoms with Crippen LogP contribution in [0.4, 0.5) is 0 Å². The minimum Gasteiger partial charge on any atom is -0.480 e. The van der Waals surface area contributed by atoms with Crippen LogP contribution in [0.25, 0.3) is 0 Å². The number of amides is 1. The Morgan fingerprint density at radius 2 is 1.86 bits per heavy atom. The van der Waals surface area contributed by atoms with Crippen molar-refractivity contribution in [3.63, 3.8) is 0 Å². The first-order valence-electron chi connectivity index (χ1n) is 7.49. The fourth-order valence-electron chi connectivity index (χ4n) is 2.17. The minimum atomic E-state index is -0.997. The highest BCUT2D eigenvalue weighted by molar-refractivity contribution is 5.85. The van der Waals surface area contributed by atoms with Gasteiger partial charge in [0.15, 0.2) is 0 Å². The lowest BCUT2D eigenvalue weighted by atomic mass is 9.92. The van der Waals surface area contributed by atoms with Gasteiger partial charge in [0.25, 0.3) is 0 Å². The number of carbonyl (C=O) groups excluding carboxylic acids is 1. The van der Waals surface area contributed by atoms with Crippen molar-refractivity contribution in [2.24, 2.45) is 5.41 Å². The summed E-state index contributed by atoms with van der Waals surface area (Å²) in [6.07, 6.45) is 0.722. The van der Waals surface area contributed by atoms with Gasteiger partial charge in [-0.25, -0.2) is 0 Å². The van der Waals surface area contributed by atoms with E-state index in [0.29, 0.717) is 13.2 Å². The zero-order valence-corrected chi connectivity index (χ0v) is 13.5. The quantitative estimate of drug-likeness (QED) is 0.761. The van der Waals surface area contributed by atoms with E-state index < -0.39 is 11.4 Å². The molecule has 0 aromatic heterocycles. The number of hydrogen-bond donors (Lipinski definition) is 1. The average Bonchev–Trinajstić information content (AvgIpc) is 2.46. The van der Waals surface area contributed by atoms with Crippen LogP contribution >= 0.6 is 0 Å². The van der Waals surface area contributed by atoms with Crippen molar-refractivity contribution in [2.45, 2.75) is 33.8 Å². The number of carboxylic acids is 1. The summed E-state index contributed by atoms with van der Waals surface area (Å²) in [7, 11) is 0. The van der Waals surface area contributed by atoms with Crippen molar-refractivity contribution in [3.05, 3.63) is 35.9 Å². The van der Waals surface area contributed by atoms with Gasteiger partial charge >= 0.3 is 5.97 Å². The zero-order chi connectivity index (χ0) is 16.6. The molecule has 1 amide bonds. The third kappa shape index (κ3) is 5.85. The molecule has 0 bridgehead atoms. The fourth-order valence-corrected chi connectivity index (χ4v) is 2.17. The van der Waals surface area contributed by atoms with E-state index in [9.17, 15) is 9.59 Å². The SMILES string of the molecule is CCCN(CC(=O)O)C(=O)C(C)(C)COCc1ccccc1. The van der Waals surface area contributed by atoms with E-state index in [-0.39, 0.29) is 19.1 Å². The summed E-state index contributed by atoms with van der Waals surface area (Å²) in [6.45, 7) is 6.34. The average molecular weight is 307 g/mol. The van der Waals surface area contributed by atoms with Crippen molar-refractivity contribution < 1.29 is 19.4 Å². The van der Waals surface area contributed by atoms with Gasteiger partial charge in [-0.15, -0.1) is 0 Å². The van der Waals surface area contributed by atoms with Crippen LogP contribution in [0.1, 0.15) is 32.8 Å². The largest absolute Gasteiger partial charge is 0.480 e. The summed E-state index contributed by atoms with van der Waals surface area (Å²) in [6, 6.07) is 9.73. The molecule has 0 radical (unpaired) electrons. The molecule has 122 valence electrons. The Morgan fingerprint density at radius 3 is 2.41 bits per heavy atom. The molecular weight excluding hydrogens is 282 g/mol. The molecule has 1 N–H and O–H groups in total. The number of hydrogen-bond acceptors (Lipinski definition) is 3. The van der Waals surface area contributed by atoms with Gasteiger partial charge in [-0.2, -0.15) is 0 Å². The molecule has 1 rings (SSSR count). The lowest BCUT2D eigenvalue weighted by molar-refractivity contribution is -0.151. The van der Waals surface area contributed by atoms with Crippen LogP contribution in [-0.2, 0) is 20.9 Å². The number of carbonyl (C=O) groups is 2. The Hall–Kier alpha value is -1.88. The molecule has 0 aliphatic rings. The number of carboxylic acid groups (broad SMARTS) is 1. The molecule has 1 aromatic carbocycles. The maximum Gasteiger partial charge on any atom is 0.323 e. The molecule has 0 atom stereocenters. The maximum absolute atomic E-state index is 12.5. The number of ether oxygens (including phenoxy) is 1. The van der Waals surface area contributed by atoms with Crippen LogP contribution in [0.5, 0.6) is 0 Å². The highest BCUT2D eigenvalue weighted by Gasteiger charge is 2.32. The summed E-state index contributed by atoms with van der Waals surface area (Å²) in [5.41, 5.74) is 0.293. The van der Waals surface area contributed by atoms with E-state index in [4.69, 9.17) is 9.84 Å². The van der Waals surface area contributed by atoms with Crippen LogP contribution in [0.2, 0.25) is 0 Å². The van der Waals surface area contributed by atoms with E-state index in [0.717, 1.165) is 12.0 Å². The predicted octanol–water partition coefficient (Wildman–Crippen LogP) is 2.55. The summed E-state index contributed by atoms with van der Waals surface area (Å²) in [5, 5.41) is 8.92. The smallest absolute Gasteiger partial charge is 0.323 e. The topological polar surface area (TPSA) is 66.8 Å². The van der Waals surface area contributed by atoms with Crippen molar-refractivity contribution >= 4 is 11.9 Å². The predicted molar refractivity (Wildman–Crippen MR) is 84.4 cm³/mol. The van der Waals surface area contributed by atoms with Crippen molar-refractivity contribution in [3.8, 4) is 0 Å². The van der Waals surface area contributed by atoms with Gasteiger partial charge in [0.05, 0.1) is 18.6 Å². The second-order valence-electron chi connectivity index (χ2n) is 5.98. The first-order chi connectivity index (χ1) is 10.4. The van der Waals surface area contributed by atoms with E-state index in [1.807, 2.05) is 37.3 Å². The van der Waals surface area contributed by atoms with Gasteiger partial charge in [0.1, 0.15) is 6.54 Å². The molecule has 0 saturated heterocycles. The number of aliphatic carboxylic acids is 1. The van der Waals surface area contributed by atoms with E-state index >= 15 is 0 Å². The maximum atomic E-state index is 12.5. The Kier molecular flexibility index (Phi) is 7.05. The van der Waals surface area contributed by atoms with Gasteiger partial charge in [0, 0.05) is 6.54 Å². The van der Waals surface area contributed by atoms with Gasteiger partial charge in [-0.05, 0) is 25.8 Å². The Labute approximate surface area is 131 Å². The highest BCUT2D eigenvalue weighted by atomic mass is 16.5. The summed E-state index contributed by atoms with van der Waals surface area (Å²) >= 11 is 0. The van der Waals surface area contributed by atoms with Crippen molar-refractivity contribution in [1.82, 2.24) is 4.90 Å². The molecule has 5 heteroatoms. The molecule has 22 heavy (non-hydrogen) atoms. The summed E-state index contributed by atoms with van der Waals surface area (Å²) in [4.78, 5) is 24.8. The third-order valence-electron chi connectivity index (χ3n) is 3.26. The Bertz CT molecular complexity index is 485. The number of rotatable bonds is 9. The molecule has 0 fully saturated rings. The molecular formula is C17H25NO4. The second kappa shape index (κ2) is 8.54. The molecule has 0 heterocycles. The van der Waals surface area contributed by atoms with E-state index in [1.54, 1.807) is 13.8 Å². The van der Waals surface area contributed by atoms with Crippen LogP contribution in [0.3, 0.4) is 0 Å². The van der Waals surface area contributed by atoms with Crippen LogP contribution in [0, 0.1) is 5.41 Å². The number of nitrogens with zero attached hydrogens (tertiary/aromatic N) is 1. The molecule has 0 spiro atoms. The first kappa shape index (κ1) is 18.2. The van der Waals surface area contributed by atoms with Crippen LogP contribution in [0.15, 0.2) is 30.3 Å². The Morgan fingerprint density at radius 1 is 1.23 bits per heavy atom. The fraction of sp³-hybridized carbons (Fsp3) is 0.529. The second-order valence-corrected chi connectivity index (χ2v) is 5.98. The minimum absolute atomic E-state index is 0.190. The lowest BCUT2D eigenvalue weighted by Crippen LogP contribution is -2.45. The highest BCUT2D eigenvalue weighted by Crippen LogP contribution is 2.20. The summed E-state index contributed by atoms with van der Waals surface area (Å²) < 4.78 is 5.64. The molecule has 0 saturated carbocycles. The van der Waals surface area contributed by atoms with Crippen LogP contribution < -0.4 is 0 Å². The molecule has 0 unspecified atom stereocenters. The Balaban J connectivity index is 2.58.